The lowest BCUT2D eigenvalue weighted by Gasteiger charge is -2.26. The maximum atomic E-state index is 15.0. The summed E-state index contributed by atoms with van der Waals surface area (Å²) in [5, 5.41) is 8.01. The first-order chi connectivity index (χ1) is 19.5. The molecule has 2 saturated heterocycles. The van der Waals surface area contributed by atoms with Crippen LogP contribution in [0.3, 0.4) is 0 Å². The van der Waals surface area contributed by atoms with Crippen LogP contribution in [-0.4, -0.2) is 69.9 Å². The van der Waals surface area contributed by atoms with Crippen LogP contribution in [-0.2, 0) is 11.2 Å². The summed E-state index contributed by atoms with van der Waals surface area (Å²) >= 11 is 0. The van der Waals surface area contributed by atoms with Gasteiger partial charge in [0.25, 0.3) is 11.5 Å². The van der Waals surface area contributed by atoms with Gasteiger partial charge in [0.2, 0.25) is 0 Å². The van der Waals surface area contributed by atoms with E-state index in [4.69, 9.17) is 9.47 Å². The normalized spacial score (nSPS) is 20.7. The summed E-state index contributed by atoms with van der Waals surface area (Å²) in [5.74, 6) is 0.00637. The number of nitrogens with one attached hydrogen (secondary N) is 1. The fraction of sp³-hybridized carbons (Fsp3) is 0.484. The summed E-state index contributed by atoms with van der Waals surface area (Å²) in [5.41, 5.74) is 0.466. The van der Waals surface area contributed by atoms with Gasteiger partial charge in [0.05, 0.1) is 22.7 Å². The zero-order chi connectivity index (χ0) is 28.9. The zero-order valence-electron chi connectivity index (χ0n) is 23.6. The molecule has 216 valence electrons. The van der Waals surface area contributed by atoms with Crippen LogP contribution in [0.25, 0.3) is 10.8 Å². The molecule has 0 bridgehead atoms. The number of ether oxygens (including phenoxy) is 2. The van der Waals surface area contributed by atoms with E-state index < -0.39 is 11.4 Å². The SMILES string of the molecule is CC(C)(C)OC(=O)N1CC2CN(C(=O)c3cc(Cc4n[nH]c(=O)c5ccc(OC6CCC6)cc45)ccc3F)CC2C1. The van der Waals surface area contributed by atoms with Crippen molar-refractivity contribution < 1.29 is 23.5 Å². The lowest BCUT2D eigenvalue weighted by molar-refractivity contribution is 0.0275. The van der Waals surface area contributed by atoms with E-state index in [0.717, 1.165) is 19.3 Å². The van der Waals surface area contributed by atoms with Crippen LogP contribution in [0.5, 0.6) is 5.75 Å². The summed E-state index contributed by atoms with van der Waals surface area (Å²) in [4.78, 5) is 41.7. The highest BCUT2D eigenvalue weighted by atomic mass is 19.1. The van der Waals surface area contributed by atoms with Gasteiger partial charge in [-0.15, -0.1) is 0 Å². The quantitative estimate of drug-likeness (QED) is 0.490. The molecule has 2 aromatic carbocycles. The van der Waals surface area contributed by atoms with Crippen molar-refractivity contribution in [3.05, 3.63) is 69.4 Å². The minimum absolute atomic E-state index is 0.00853. The Morgan fingerprint density at radius 3 is 2.37 bits per heavy atom. The highest BCUT2D eigenvalue weighted by molar-refractivity contribution is 5.95. The highest BCUT2D eigenvalue weighted by Crippen LogP contribution is 2.33. The van der Waals surface area contributed by atoms with Gasteiger partial charge in [0.1, 0.15) is 17.2 Å². The Morgan fingerprint density at radius 1 is 1.00 bits per heavy atom. The van der Waals surface area contributed by atoms with E-state index in [1.807, 2.05) is 26.8 Å². The van der Waals surface area contributed by atoms with Crippen molar-refractivity contribution in [2.75, 3.05) is 26.2 Å². The first-order valence-electron chi connectivity index (χ1n) is 14.3. The third-order valence-corrected chi connectivity index (χ3v) is 8.25. The van der Waals surface area contributed by atoms with Crippen LogP contribution >= 0.6 is 0 Å². The van der Waals surface area contributed by atoms with Gasteiger partial charge in [-0.05, 0) is 75.9 Å². The average molecular weight is 563 g/mol. The van der Waals surface area contributed by atoms with Gasteiger partial charge in [-0.2, -0.15) is 5.10 Å². The van der Waals surface area contributed by atoms with E-state index in [2.05, 4.69) is 10.2 Å². The summed E-state index contributed by atoms with van der Waals surface area (Å²) < 4.78 is 26.5. The van der Waals surface area contributed by atoms with E-state index >= 15 is 0 Å². The maximum absolute atomic E-state index is 15.0. The van der Waals surface area contributed by atoms with Gasteiger partial charge in [-0.1, -0.05) is 6.07 Å². The molecular weight excluding hydrogens is 527 g/mol. The molecule has 41 heavy (non-hydrogen) atoms. The lowest BCUT2D eigenvalue weighted by Crippen LogP contribution is -2.38. The predicted octanol–water partition coefficient (Wildman–Crippen LogP) is 4.52. The number of carbonyl (C=O) groups excluding carboxylic acids is 2. The first kappa shape index (κ1) is 27.2. The molecule has 10 heteroatoms. The lowest BCUT2D eigenvalue weighted by atomic mass is 9.96. The summed E-state index contributed by atoms with van der Waals surface area (Å²) in [7, 11) is 0. The number of likely N-dealkylation sites (tertiary alicyclic amines) is 2. The number of fused-ring (bicyclic) bond motifs is 2. The number of nitrogens with zero attached hydrogens (tertiary/aromatic N) is 3. The molecular formula is C31H35FN4O5. The molecule has 6 rings (SSSR count). The van der Waals surface area contributed by atoms with Crippen molar-refractivity contribution in [1.82, 2.24) is 20.0 Å². The fourth-order valence-electron chi connectivity index (χ4n) is 5.93. The topological polar surface area (TPSA) is 105 Å². The maximum Gasteiger partial charge on any atom is 0.410 e. The molecule has 1 aliphatic carbocycles. The Morgan fingerprint density at radius 2 is 1.71 bits per heavy atom. The number of halogens is 1. The number of carbonyl (C=O) groups is 2. The Kier molecular flexibility index (Phi) is 6.95. The van der Waals surface area contributed by atoms with Crippen LogP contribution < -0.4 is 10.3 Å². The third kappa shape index (κ3) is 5.64. The zero-order valence-corrected chi connectivity index (χ0v) is 23.6. The number of rotatable bonds is 5. The molecule has 0 spiro atoms. The highest BCUT2D eigenvalue weighted by Gasteiger charge is 2.44. The Labute approximate surface area is 237 Å². The molecule has 2 atom stereocenters. The molecule has 3 heterocycles. The molecule has 2 unspecified atom stereocenters. The van der Waals surface area contributed by atoms with Crippen LogP contribution in [0.1, 0.15) is 61.6 Å². The number of aromatic amines is 1. The Hall–Kier alpha value is -3.95. The molecule has 0 radical (unpaired) electrons. The summed E-state index contributed by atoms with van der Waals surface area (Å²) in [6.45, 7) is 7.46. The average Bonchev–Trinajstić information content (AvgIpc) is 3.48. The van der Waals surface area contributed by atoms with Gasteiger partial charge < -0.3 is 19.3 Å². The van der Waals surface area contributed by atoms with Gasteiger partial charge in [0.15, 0.2) is 0 Å². The molecule has 2 aliphatic heterocycles. The van der Waals surface area contributed by atoms with Crippen molar-refractivity contribution in [1.29, 1.82) is 0 Å². The Bertz CT molecular complexity index is 1550. The monoisotopic (exact) mass is 562 g/mol. The van der Waals surface area contributed by atoms with Crippen LogP contribution in [0.4, 0.5) is 9.18 Å². The van der Waals surface area contributed by atoms with Crippen molar-refractivity contribution in [2.24, 2.45) is 11.8 Å². The number of benzene rings is 2. The molecule has 1 aromatic heterocycles. The van der Waals surface area contributed by atoms with E-state index in [1.165, 1.54) is 6.07 Å². The van der Waals surface area contributed by atoms with Crippen molar-refractivity contribution in [3.8, 4) is 5.75 Å². The second-order valence-electron chi connectivity index (χ2n) is 12.5. The second-order valence-corrected chi connectivity index (χ2v) is 12.5. The van der Waals surface area contributed by atoms with E-state index in [9.17, 15) is 18.8 Å². The first-order valence-corrected chi connectivity index (χ1v) is 14.3. The van der Waals surface area contributed by atoms with Crippen LogP contribution in [0.15, 0.2) is 41.2 Å². The second kappa shape index (κ2) is 10.5. The smallest absolute Gasteiger partial charge is 0.410 e. The van der Waals surface area contributed by atoms with E-state index in [1.54, 1.807) is 34.1 Å². The summed E-state index contributed by atoms with van der Waals surface area (Å²) in [6.07, 6.45) is 3.35. The Balaban J connectivity index is 1.17. The number of amides is 2. The largest absolute Gasteiger partial charge is 0.490 e. The van der Waals surface area contributed by atoms with Gasteiger partial charge in [-0.3, -0.25) is 9.59 Å². The molecule has 3 aliphatic rings. The molecule has 1 saturated carbocycles. The molecule has 3 fully saturated rings. The van der Waals surface area contributed by atoms with Gasteiger partial charge >= 0.3 is 6.09 Å². The molecule has 9 nitrogen and oxygen atoms in total. The number of H-pyrrole nitrogens is 1. The van der Waals surface area contributed by atoms with Crippen molar-refractivity contribution >= 4 is 22.8 Å². The number of hydrogen-bond donors (Lipinski definition) is 1. The van der Waals surface area contributed by atoms with E-state index in [0.29, 0.717) is 60.4 Å². The fourth-order valence-corrected chi connectivity index (χ4v) is 5.93. The summed E-state index contributed by atoms with van der Waals surface area (Å²) in [6, 6.07) is 9.89. The number of hydrogen-bond acceptors (Lipinski definition) is 6. The van der Waals surface area contributed by atoms with Gasteiger partial charge in [0, 0.05) is 49.8 Å². The third-order valence-electron chi connectivity index (χ3n) is 8.25. The minimum atomic E-state index is -0.582. The molecule has 3 aromatic rings. The van der Waals surface area contributed by atoms with Crippen LogP contribution in [0.2, 0.25) is 0 Å². The van der Waals surface area contributed by atoms with Crippen molar-refractivity contribution in [3.63, 3.8) is 0 Å². The minimum Gasteiger partial charge on any atom is -0.490 e. The predicted molar refractivity (Wildman–Crippen MR) is 151 cm³/mol. The standard InChI is InChI=1S/C31H35FN4O5/c1-31(2,3)41-30(39)36-16-19-14-35(15-20(19)17-36)29(38)25-11-18(7-10-26(25)32)12-27-24-13-22(40-21-5-4-6-21)8-9-23(24)28(37)34-33-27/h7-11,13,19-21H,4-6,12,14-17H2,1-3H3,(H,34,37). The molecule has 1 N–H and O–H groups in total. The van der Waals surface area contributed by atoms with Crippen LogP contribution in [0, 0.1) is 17.7 Å². The van der Waals surface area contributed by atoms with Crippen molar-refractivity contribution in [2.45, 2.75) is 58.2 Å². The number of aromatic nitrogens is 2. The van der Waals surface area contributed by atoms with E-state index in [-0.39, 0.29) is 41.1 Å². The molecule has 2 amide bonds. The van der Waals surface area contributed by atoms with Gasteiger partial charge in [-0.25, -0.2) is 14.3 Å².